The van der Waals surface area contributed by atoms with Crippen LogP contribution in [-0.4, -0.2) is 207 Å². The Hall–Kier alpha value is -11.1. The van der Waals surface area contributed by atoms with Gasteiger partial charge in [-0.3, -0.25) is 0 Å². The van der Waals surface area contributed by atoms with Gasteiger partial charge in [-0.25, -0.2) is 74.8 Å². The number of piperazine rings is 4. The Labute approximate surface area is 512 Å². The Bertz CT molecular complexity index is 4120. The molecule has 0 spiro atoms. The molecule has 12 aromatic rings. The molecule has 28 nitrogen and oxygen atoms in total. The third kappa shape index (κ3) is 12.8. The van der Waals surface area contributed by atoms with Gasteiger partial charge >= 0.3 is 6.18 Å². The zero-order valence-electron chi connectivity index (χ0n) is 48.9. The highest BCUT2D eigenvalue weighted by molar-refractivity contribution is 5.85. The highest BCUT2D eigenvalue weighted by Gasteiger charge is 2.32. The molecule has 14 heterocycles. The summed E-state index contributed by atoms with van der Waals surface area (Å²) >= 11 is 0. The quantitative estimate of drug-likeness (QED) is 0.130. The topological polar surface area (TPSA) is 292 Å². The number of nitrogens with zero attached hydrogens (tertiary/aromatic N) is 23. The Kier molecular flexibility index (Phi) is 17.0. The summed E-state index contributed by atoms with van der Waals surface area (Å²) in [7, 11) is 1.71. The number of benzene rings is 2. The van der Waals surface area contributed by atoms with Crippen molar-refractivity contribution in [1.82, 2.24) is 94.7 Å². The first-order valence-electron chi connectivity index (χ1n) is 29.3. The van der Waals surface area contributed by atoms with Crippen LogP contribution >= 0.6 is 0 Å². The average Bonchev–Trinajstić information content (AvgIpc) is 3.54. The molecule has 31 heteroatoms. The lowest BCUT2D eigenvalue weighted by Gasteiger charge is -2.37. The molecule has 4 aliphatic rings. The molecule has 4 aliphatic heterocycles. The molecule has 0 aliphatic carbocycles. The van der Waals surface area contributed by atoms with Crippen molar-refractivity contribution in [2.24, 2.45) is 0 Å². The maximum absolute atomic E-state index is 12.9. The van der Waals surface area contributed by atoms with Crippen molar-refractivity contribution < 1.29 is 17.9 Å². The van der Waals surface area contributed by atoms with Gasteiger partial charge in [-0.2, -0.15) is 13.2 Å². The van der Waals surface area contributed by atoms with Crippen LogP contribution in [0.1, 0.15) is 5.56 Å². The first kappa shape index (κ1) is 57.9. The number of alkyl halides is 3. The standard InChI is InChI=1S/C16H15F3N6.C16H18N6O.C14H15N7.C13H14N8/c17-16(18,19)11-2-1-3-12(8-11)24-4-6-25(7-5-24)15-13-14(21-9-20-13)22-10-23-15;1-23-13-5-3-2-4-12(13)21-6-8-22(9-7-21)16-14-15(18-10-17-14)19-11-20-16;1-2-4-15-11(3-1)20-5-7-21(8-6-20)14-12-13(17-9-16-12)18-10-19-14;1-2-14-13(15-3-1)21-6-4-20(5-7-21)12-10-11(17-8-16-10)18-9-19-12/h1-3,8-10H,4-7H2,(H,20,21,22,23);2-5,10-11H,6-9H2,1H3,(H,17,18,19,20);1-4,9-10H,5-8H2,(H,16,17,18,19);1-3,8-9H,4-7H2,(H,16,17,18,19). The minimum absolute atomic E-state index is 0.587. The zero-order chi connectivity index (χ0) is 61.2. The summed E-state index contributed by atoms with van der Waals surface area (Å²) in [5.41, 5.74) is 7.31. The average molecular weight is 1220 g/mol. The van der Waals surface area contributed by atoms with Gasteiger partial charge < -0.3 is 63.9 Å². The summed E-state index contributed by atoms with van der Waals surface area (Å²) in [5.74, 6) is 6.26. The summed E-state index contributed by atoms with van der Waals surface area (Å²) in [4.78, 5) is 93.9. The summed E-state index contributed by atoms with van der Waals surface area (Å²) in [6.45, 7) is 13.3. The first-order valence-corrected chi connectivity index (χ1v) is 29.3. The van der Waals surface area contributed by atoms with E-state index < -0.39 is 11.7 Å². The molecule has 0 radical (unpaired) electrons. The van der Waals surface area contributed by atoms with Crippen LogP contribution in [0.3, 0.4) is 0 Å². The predicted molar refractivity (Wildman–Crippen MR) is 335 cm³/mol. The Balaban J connectivity index is 0.000000110. The lowest BCUT2D eigenvalue weighted by Crippen LogP contribution is -2.47. The fraction of sp³-hybridized carbons (Fsp3) is 0.305. The maximum Gasteiger partial charge on any atom is 0.416 e. The van der Waals surface area contributed by atoms with Crippen molar-refractivity contribution in [3.05, 3.63) is 148 Å². The molecule has 0 atom stereocenters. The minimum Gasteiger partial charge on any atom is -0.495 e. The second kappa shape index (κ2) is 26.5. The van der Waals surface area contributed by atoms with Crippen LogP contribution in [0.2, 0.25) is 0 Å². The van der Waals surface area contributed by atoms with E-state index in [1.165, 1.54) is 18.5 Å². The number of aromatic nitrogens is 19. The monoisotopic (exact) mass is 1220 g/mol. The number of hydrogen-bond donors (Lipinski definition) is 4. The van der Waals surface area contributed by atoms with Crippen LogP contribution in [0.5, 0.6) is 5.75 Å². The fourth-order valence-corrected chi connectivity index (χ4v) is 11.3. The molecule has 10 aromatic heterocycles. The second-order valence-electron chi connectivity index (χ2n) is 21.0. The first-order chi connectivity index (χ1) is 44.2. The van der Waals surface area contributed by atoms with E-state index in [0.717, 1.165) is 153 Å². The number of aromatic amines is 4. The number of nitrogens with one attached hydrogen (secondary N) is 4. The molecule has 2 aromatic carbocycles. The van der Waals surface area contributed by atoms with E-state index in [1.807, 2.05) is 53.6 Å². The number of anilines is 8. The van der Waals surface area contributed by atoms with Crippen LogP contribution in [0.15, 0.2) is 142 Å². The van der Waals surface area contributed by atoms with Gasteiger partial charge in [0, 0.05) is 129 Å². The third-order valence-corrected chi connectivity index (χ3v) is 15.9. The lowest BCUT2D eigenvalue weighted by molar-refractivity contribution is -0.137. The van der Waals surface area contributed by atoms with Crippen molar-refractivity contribution in [2.75, 3.05) is 151 Å². The zero-order valence-corrected chi connectivity index (χ0v) is 48.9. The predicted octanol–water partition coefficient (Wildman–Crippen LogP) is 5.93. The van der Waals surface area contributed by atoms with Gasteiger partial charge in [-0.1, -0.05) is 24.3 Å². The highest BCUT2D eigenvalue weighted by atomic mass is 19.4. The summed E-state index contributed by atoms with van der Waals surface area (Å²) in [5, 5.41) is 0. The number of H-pyrrole nitrogens is 4. The van der Waals surface area contributed by atoms with Crippen LogP contribution in [0, 0.1) is 0 Å². The SMILES string of the molecule is COc1ccccc1N1CCN(c2ncnc3nc[nH]c23)CC1.FC(F)(F)c1cccc(N2CCN(c3ncnc4nc[nH]c34)CC2)c1.c1ccc(N2CCN(c3ncnc4nc[nH]c34)CC2)nc1.c1cnc(N2CCN(c3ncnc4nc[nH]c34)CC2)nc1. The molecule has 0 unspecified atom stereocenters. The van der Waals surface area contributed by atoms with Crippen molar-refractivity contribution in [3.63, 3.8) is 0 Å². The van der Waals surface area contributed by atoms with Gasteiger partial charge in [0.1, 0.15) is 58.9 Å². The Morgan fingerprint density at radius 3 is 1.20 bits per heavy atom. The number of ether oxygens (including phenoxy) is 1. The lowest BCUT2D eigenvalue weighted by atomic mass is 10.1. The van der Waals surface area contributed by atoms with E-state index in [4.69, 9.17) is 4.74 Å². The van der Waals surface area contributed by atoms with Crippen LogP contribution in [0.4, 0.5) is 59.6 Å². The van der Waals surface area contributed by atoms with Crippen LogP contribution in [-0.2, 0) is 6.18 Å². The molecule has 4 fully saturated rings. The molecular weight excluding hydrogens is 1160 g/mol. The number of halogens is 3. The molecule has 0 bridgehead atoms. The Morgan fingerprint density at radius 2 is 0.767 bits per heavy atom. The molecule has 460 valence electrons. The molecular formula is C59H62F3N27O. The maximum atomic E-state index is 12.9. The Morgan fingerprint density at radius 1 is 0.367 bits per heavy atom. The minimum atomic E-state index is -4.33. The van der Waals surface area contributed by atoms with E-state index in [9.17, 15) is 13.2 Å². The molecule has 90 heavy (non-hydrogen) atoms. The van der Waals surface area contributed by atoms with Gasteiger partial charge in [-0.05, 0) is 48.5 Å². The normalized spacial score (nSPS) is 15.6. The fourth-order valence-electron chi connectivity index (χ4n) is 11.3. The summed E-state index contributed by atoms with van der Waals surface area (Å²) in [6.07, 6.45) is 13.8. The number of fused-ring (bicyclic) bond motifs is 4. The number of rotatable bonds is 9. The van der Waals surface area contributed by atoms with Gasteiger partial charge in [-0.15, -0.1) is 0 Å². The largest absolute Gasteiger partial charge is 0.495 e. The van der Waals surface area contributed by atoms with E-state index in [1.54, 1.807) is 69.9 Å². The van der Waals surface area contributed by atoms with Crippen LogP contribution in [0.25, 0.3) is 44.7 Å². The van der Waals surface area contributed by atoms with Crippen molar-refractivity contribution >= 4 is 91.1 Å². The van der Waals surface area contributed by atoms with Gasteiger partial charge in [0.15, 0.2) is 45.9 Å². The van der Waals surface area contributed by atoms with Crippen molar-refractivity contribution in [1.29, 1.82) is 0 Å². The van der Waals surface area contributed by atoms with Crippen molar-refractivity contribution in [2.45, 2.75) is 6.18 Å². The third-order valence-electron chi connectivity index (χ3n) is 15.9. The number of pyridine rings is 1. The molecule has 4 N–H and O–H groups in total. The highest BCUT2D eigenvalue weighted by Crippen LogP contribution is 2.34. The second-order valence-corrected chi connectivity index (χ2v) is 21.0. The summed E-state index contributed by atoms with van der Waals surface area (Å²) < 4.78 is 44.1. The van der Waals surface area contributed by atoms with E-state index in [2.05, 4.69) is 135 Å². The number of hydrogen-bond acceptors (Lipinski definition) is 24. The number of methoxy groups -OCH3 is 1. The van der Waals surface area contributed by atoms with E-state index in [-0.39, 0.29) is 0 Å². The molecule has 0 amide bonds. The number of para-hydroxylation sites is 2. The molecule has 4 saturated heterocycles. The van der Waals surface area contributed by atoms with Crippen LogP contribution < -0.4 is 43.9 Å². The molecule has 16 rings (SSSR count). The smallest absolute Gasteiger partial charge is 0.416 e. The summed E-state index contributed by atoms with van der Waals surface area (Å²) in [6, 6.07) is 21.4. The van der Waals surface area contributed by atoms with Gasteiger partial charge in [0.2, 0.25) is 5.95 Å². The van der Waals surface area contributed by atoms with E-state index >= 15 is 0 Å². The molecule has 0 saturated carbocycles. The van der Waals surface area contributed by atoms with Gasteiger partial charge in [0.05, 0.1) is 43.7 Å². The van der Waals surface area contributed by atoms with E-state index in [0.29, 0.717) is 54.5 Å². The van der Waals surface area contributed by atoms with Crippen molar-refractivity contribution in [3.8, 4) is 5.75 Å². The number of imidazole rings is 4. The van der Waals surface area contributed by atoms with Gasteiger partial charge in [0.25, 0.3) is 0 Å².